The van der Waals surface area contributed by atoms with Crippen molar-refractivity contribution in [2.75, 3.05) is 13.7 Å². The minimum atomic E-state index is -1.77. The van der Waals surface area contributed by atoms with Crippen LogP contribution in [0.5, 0.6) is 5.75 Å². The molecule has 0 saturated carbocycles. The van der Waals surface area contributed by atoms with Gasteiger partial charge >= 0.3 is 5.97 Å². The molecule has 0 aromatic heterocycles. The van der Waals surface area contributed by atoms with Crippen molar-refractivity contribution in [1.29, 1.82) is 5.26 Å². The summed E-state index contributed by atoms with van der Waals surface area (Å²) in [6.07, 6.45) is 0. The first kappa shape index (κ1) is 19.2. The maximum Gasteiger partial charge on any atom is 0.338 e. The van der Waals surface area contributed by atoms with Crippen LogP contribution in [0.1, 0.15) is 25.3 Å². The summed E-state index contributed by atoms with van der Waals surface area (Å²) in [5.74, 6) is -8.12. The van der Waals surface area contributed by atoms with Crippen molar-refractivity contribution in [2.45, 2.75) is 19.8 Å². The van der Waals surface area contributed by atoms with Crippen molar-refractivity contribution in [1.82, 2.24) is 0 Å². The normalized spacial score (nSPS) is 16.9. The van der Waals surface area contributed by atoms with Gasteiger partial charge in [-0.1, -0.05) is 0 Å². The number of hydrogen-bond acceptors (Lipinski definition) is 6. The Hall–Kier alpha value is -3.15. The second-order valence-corrected chi connectivity index (χ2v) is 5.22. The molecule has 0 saturated heterocycles. The van der Waals surface area contributed by atoms with Crippen molar-refractivity contribution < 1.29 is 32.2 Å². The van der Waals surface area contributed by atoms with Crippen LogP contribution in [0.3, 0.4) is 0 Å². The van der Waals surface area contributed by atoms with Crippen molar-refractivity contribution >= 4 is 5.97 Å². The van der Waals surface area contributed by atoms with Crippen LogP contribution in [0.2, 0.25) is 0 Å². The van der Waals surface area contributed by atoms with Crippen LogP contribution in [-0.4, -0.2) is 19.7 Å². The summed E-state index contributed by atoms with van der Waals surface area (Å²) in [7, 11) is 1.11. The molecule has 0 bridgehead atoms. The number of nitrogens with two attached hydrogens (primary N) is 1. The maximum absolute atomic E-state index is 14.6. The highest BCUT2D eigenvalue weighted by Crippen LogP contribution is 2.44. The summed E-state index contributed by atoms with van der Waals surface area (Å²) < 4.78 is 57.0. The fourth-order valence-corrected chi connectivity index (χ4v) is 2.67. The summed E-state index contributed by atoms with van der Waals surface area (Å²) in [5.41, 5.74) is 4.49. The third kappa shape index (κ3) is 3.06. The van der Waals surface area contributed by atoms with E-state index in [1.807, 2.05) is 0 Å². The molecule has 26 heavy (non-hydrogen) atoms. The third-order valence-corrected chi connectivity index (χ3v) is 3.77. The zero-order chi connectivity index (χ0) is 19.6. The number of nitrogens with zero attached hydrogens (tertiary/aromatic N) is 1. The van der Waals surface area contributed by atoms with Crippen molar-refractivity contribution in [3.63, 3.8) is 0 Å². The number of rotatable bonds is 4. The molecule has 6 nitrogen and oxygen atoms in total. The van der Waals surface area contributed by atoms with E-state index in [0.29, 0.717) is 6.07 Å². The lowest BCUT2D eigenvalue weighted by Crippen LogP contribution is -2.26. The topological polar surface area (TPSA) is 94.6 Å². The fraction of sp³-hybridized carbons (Fsp3) is 0.294. The predicted molar refractivity (Wildman–Crippen MR) is 82.9 cm³/mol. The van der Waals surface area contributed by atoms with Gasteiger partial charge in [-0.05, 0) is 13.8 Å². The zero-order valence-electron chi connectivity index (χ0n) is 14.2. The van der Waals surface area contributed by atoms with E-state index in [0.717, 1.165) is 7.11 Å². The molecule has 138 valence electrons. The number of benzene rings is 1. The molecular weight excluding hydrogens is 353 g/mol. The number of ether oxygens (including phenoxy) is 3. The van der Waals surface area contributed by atoms with Gasteiger partial charge in [0.1, 0.15) is 23.2 Å². The van der Waals surface area contributed by atoms with Crippen LogP contribution in [0.15, 0.2) is 28.9 Å². The molecule has 1 aliphatic rings. The van der Waals surface area contributed by atoms with Crippen LogP contribution in [0.25, 0.3) is 0 Å². The number of esters is 1. The van der Waals surface area contributed by atoms with Crippen molar-refractivity contribution in [2.24, 2.45) is 5.73 Å². The Morgan fingerprint density at radius 1 is 1.38 bits per heavy atom. The standard InChI is InChI=1S/C17H15F3N2O4/c1-4-25-17(23)11-7(2)26-16(22)8(6-21)12(11)13-10(24-3)5-9(18)14(19)15(13)20/h5,12H,4,22H2,1-3H3. The van der Waals surface area contributed by atoms with E-state index in [2.05, 4.69) is 0 Å². The number of nitriles is 1. The lowest BCUT2D eigenvalue weighted by Gasteiger charge is -2.28. The number of carbonyl (C=O) groups excluding carboxylic acids is 1. The Morgan fingerprint density at radius 3 is 2.58 bits per heavy atom. The molecule has 0 fully saturated rings. The average molecular weight is 368 g/mol. The molecule has 1 unspecified atom stereocenters. The molecule has 1 aromatic carbocycles. The van der Waals surface area contributed by atoms with Crippen LogP contribution in [-0.2, 0) is 14.3 Å². The monoisotopic (exact) mass is 368 g/mol. The number of allylic oxidation sites excluding steroid dienone is 2. The zero-order valence-corrected chi connectivity index (χ0v) is 14.2. The molecule has 0 radical (unpaired) electrons. The minimum absolute atomic E-state index is 0.0131. The van der Waals surface area contributed by atoms with Gasteiger partial charge < -0.3 is 19.9 Å². The smallest absolute Gasteiger partial charge is 0.338 e. The van der Waals surface area contributed by atoms with Crippen LogP contribution in [0.4, 0.5) is 13.2 Å². The number of methoxy groups -OCH3 is 1. The van der Waals surface area contributed by atoms with Gasteiger partial charge in [-0.2, -0.15) is 5.26 Å². The van der Waals surface area contributed by atoms with E-state index >= 15 is 0 Å². The van der Waals surface area contributed by atoms with E-state index < -0.39 is 46.5 Å². The summed E-state index contributed by atoms with van der Waals surface area (Å²) >= 11 is 0. The SMILES string of the molecule is CCOC(=O)C1=C(C)OC(N)=C(C#N)C1c1c(OC)cc(F)c(F)c1F. The first-order valence-corrected chi connectivity index (χ1v) is 7.45. The molecule has 0 amide bonds. The summed E-state index contributed by atoms with van der Waals surface area (Å²) in [4.78, 5) is 12.4. The Labute approximate surface area is 147 Å². The van der Waals surface area contributed by atoms with Crippen molar-refractivity contribution in [3.05, 3.63) is 51.9 Å². The predicted octanol–water partition coefficient (Wildman–Crippen LogP) is 2.76. The number of halogens is 3. The number of hydrogen-bond donors (Lipinski definition) is 1. The highest BCUT2D eigenvalue weighted by atomic mass is 19.2. The van der Waals surface area contributed by atoms with Gasteiger partial charge in [0.25, 0.3) is 0 Å². The summed E-state index contributed by atoms with van der Waals surface area (Å²) in [6, 6.07) is 2.33. The Bertz CT molecular complexity index is 872. The molecule has 9 heteroatoms. The van der Waals surface area contributed by atoms with E-state index in [1.54, 1.807) is 13.0 Å². The van der Waals surface area contributed by atoms with Crippen LogP contribution < -0.4 is 10.5 Å². The molecule has 1 atom stereocenters. The third-order valence-electron chi connectivity index (χ3n) is 3.77. The highest BCUT2D eigenvalue weighted by Gasteiger charge is 2.40. The van der Waals surface area contributed by atoms with Gasteiger partial charge in [-0.15, -0.1) is 0 Å². The second kappa shape index (κ2) is 7.39. The minimum Gasteiger partial charge on any atom is -0.496 e. The number of carbonyl (C=O) groups is 1. The molecule has 0 spiro atoms. The summed E-state index contributed by atoms with van der Waals surface area (Å²) in [6.45, 7) is 2.88. The van der Waals surface area contributed by atoms with E-state index in [4.69, 9.17) is 19.9 Å². The second-order valence-electron chi connectivity index (χ2n) is 5.22. The lowest BCUT2D eigenvalue weighted by molar-refractivity contribution is -0.139. The average Bonchev–Trinajstić information content (AvgIpc) is 2.59. The maximum atomic E-state index is 14.6. The first-order chi connectivity index (χ1) is 12.3. The van der Waals surface area contributed by atoms with Gasteiger partial charge in [0, 0.05) is 11.6 Å². The van der Waals surface area contributed by atoms with E-state index in [1.165, 1.54) is 6.92 Å². The molecule has 2 N–H and O–H groups in total. The van der Waals surface area contributed by atoms with Gasteiger partial charge in [-0.3, -0.25) is 0 Å². The fourth-order valence-electron chi connectivity index (χ4n) is 2.67. The molecule has 1 aliphatic heterocycles. The van der Waals surface area contributed by atoms with Crippen molar-refractivity contribution in [3.8, 4) is 11.8 Å². The van der Waals surface area contributed by atoms with E-state index in [-0.39, 0.29) is 23.5 Å². The molecule has 0 aliphatic carbocycles. The molecule has 1 heterocycles. The first-order valence-electron chi connectivity index (χ1n) is 7.45. The molecule has 1 aromatic rings. The van der Waals surface area contributed by atoms with Crippen LogP contribution in [0, 0.1) is 28.8 Å². The van der Waals surface area contributed by atoms with Gasteiger partial charge in [0.05, 0.1) is 25.2 Å². The van der Waals surface area contributed by atoms with Gasteiger partial charge in [-0.25, -0.2) is 18.0 Å². The Balaban J connectivity index is 2.85. The molecular formula is C17H15F3N2O4. The Morgan fingerprint density at radius 2 is 2.04 bits per heavy atom. The summed E-state index contributed by atoms with van der Waals surface area (Å²) in [5, 5.41) is 9.41. The van der Waals surface area contributed by atoms with Gasteiger partial charge in [0.15, 0.2) is 17.5 Å². The van der Waals surface area contributed by atoms with Gasteiger partial charge in [0.2, 0.25) is 5.88 Å². The highest BCUT2D eigenvalue weighted by molar-refractivity contribution is 5.92. The quantitative estimate of drug-likeness (QED) is 0.649. The Kier molecular flexibility index (Phi) is 5.45. The lowest BCUT2D eigenvalue weighted by atomic mass is 9.82. The largest absolute Gasteiger partial charge is 0.496 e. The van der Waals surface area contributed by atoms with E-state index in [9.17, 15) is 23.2 Å². The molecule has 2 rings (SSSR count). The van der Waals surface area contributed by atoms with Crippen LogP contribution >= 0.6 is 0 Å².